The lowest BCUT2D eigenvalue weighted by Gasteiger charge is -2.29. The molecule has 1 aliphatic rings. The van der Waals surface area contributed by atoms with E-state index in [1.54, 1.807) is 12.1 Å². The molecule has 1 saturated heterocycles. The Balaban J connectivity index is 2.31. The number of nitrogens with zero attached hydrogens (tertiary/aromatic N) is 2. The molecule has 0 aromatic heterocycles. The van der Waals surface area contributed by atoms with Crippen molar-refractivity contribution in [2.75, 3.05) is 53.0 Å². The van der Waals surface area contributed by atoms with E-state index in [2.05, 4.69) is 10.1 Å². The largest absolute Gasteiger partial charge is 0.379 e. The summed E-state index contributed by atoms with van der Waals surface area (Å²) in [5, 5.41) is 4.85. The maximum atomic E-state index is 12.0. The number of rotatable bonds is 8. The van der Waals surface area contributed by atoms with Gasteiger partial charge >= 0.3 is 0 Å². The Bertz CT molecular complexity index is 317. The van der Waals surface area contributed by atoms with Gasteiger partial charge in [0.1, 0.15) is 0 Å². The van der Waals surface area contributed by atoms with E-state index in [1.165, 1.54) is 4.31 Å². The average Bonchev–Trinajstić information content (AvgIpc) is 2.35. The van der Waals surface area contributed by atoms with E-state index in [9.17, 15) is 8.42 Å². The van der Waals surface area contributed by atoms with Crippen LogP contribution in [0.1, 0.15) is 13.3 Å². The summed E-state index contributed by atoms with van der Waals surface area (Å²) in [4.78, 5) is 2.57. The molecule has 1 heterocycles. The number of ether oxygens (including phenoxy) is 1. The molecule has 0 aromatic rings. The van der Waals surface area contributed by atoms with E-state index in [0.29, 0.717) is 32.8 Å². The van der Waals surface area contributed by atoms with Crippen molar-refractivity contribution in [3.05, 3.63) is 0 Å². The summed E-state index contributed by atoms with van der Waals surface area (Å²) < 4.78 is 30.5. The molecule has 1 rings (SSSR count). The molecule has 1 fully saturated rings. The topological polar surface area (TPSA) is 73.9 Å². The Morgan fingerprint density at radius 2 is 2.00 bits per heavy atom. The molecule has 0 unspecified atom stereocenters. The van der Waals surface area contributed by atoms with Gasteiger partial charge in [-0.3, -0.25) is 0 Å². The summed E-state index contributed by atoms with van der Waals surface area (Å²) in [6.07, 6.45) is 0.800. The molecule has 2 N–H and O–H groups in total. The lowest BCUT2D eigenvalue weighted by atomic mass is 10.4. The molecule has 0 amide bonds. The Hall–Kier alpha value is -0.250. The van der Waals surface area contributed by atoms with Crippen LogP contribution in [0.4, 0.5) is 0 Å². The lowest BCUT2D eigenvalue weighted by molar-refractivity contribution is 0.0263. The van der Waals surface area contributed by atoms with Crippen LogP contribution in [0.3, 0.4) is 0 Å². The Labute approximate surface area is 110 Å². The van der Waals surface area contributed by atoms with Gasteiger partial charge in [0.15, 0.2) is 0 Å². The van der Waals surface area contributed by atoms with Crippen LogP contribution < -0.4 is 10.1 Å². The molecule has 0 atom stereocenters. The summed E-state index contributed by atoms with van der Waals surface area (Å²) in [7, 11) is -1.83. The van der Waals surface area contributed by atoms with E-state index < -0.39 is 10.2 Å². The molecule has 7 nitrogen and oxygen atoms in total. The molecule has 0 aromatic carbocycles. The predicted octanol–water partition coefficient (Wildman–Crippen LogP) is -1.00. The highest BCUT2D eigenvalue weighted by Gasteiger charge is 2.21. The standard InChI is InChI=1S/C10H24N4O3S/c1-3-11-5-4-6-13(2)18(15,16)12-14-7-9-17-10-8-14/h11-12H,3-10H2,1-2H3. The van der Waals surface area contributed by atoms with Gasteiger partial charge in [-0.05, 0) is 19.5 Å². The van der Waals surface area contributed by atoms with Crippen molar-refractivity contribution in [3.8, 4) is 0 Å². The van der Waals surface area contributed by atoms with Crippen molar-refractivity contribution in [3.63, 3.8) is 0 Å². The number of hydrogen-bond donors (Lipinski definition) is 2. The van der Waals surface area contributed by atoms with Crippen LogP contribution in [0.15, 0.2) is 0 Å². The molecular formula is C10H24N4O3S. The third kappa shape index (κ3) is 5.59. The maximum Gasteiger partial charge on any atom is 0.292 e. The molecule has 0 aliphatic carbocycles. The molecule has 8 heteroatoms. The molecule has 1 aliphatic heterocycles. The summed E-state index contributed by atoms with van der Waals surface area (Å²) in [6, 6.07) is 0. The van der Waals surface area contributed by atoms with Crippen molar-refractivity contribution < 1.29 is 13.2 Å². The van der Waals surface area contributed by atoms with Gasteiger partial charge in [0, 0.05) is 26.7 Å². The van der Waals surface area contributed by atoms with Crippen molar-refractivity contribution >= 4 is 10.2 Å². The zero-order valence-corrected chi connectivity index (χ0v) is 12.0. The van der Waals surface area contributed by atoms with Crippen molar-refractivity contribution in [1.82, 2.24) is 19.5 Å². The Morgan fingerprint density at radius 1 is 1.33 bits per heavy atom. The van der Waals surface area contributed by atoms with Gasteiger partial charge in [0.25, 0.3) is 10.2 Å². The fourth-order valence-electron chi connectivity index (χ4n) is 1.61. The van der Waals surface area contributed by atoms with Crippen LogP contribution >= 0.6 is 0 Å². The Kier molecular flexibility index (Phi) is 7.05. The van der Waals surface area contributed by atoms with Crippen molar-refractivity contribution in [1.29, 1.82) is 0 Å². The minimum Gasteiger partial charge on any atom is -0.379 e. The number of hydrogen-bond acceptors (Lipinski definition) is 5. The predicted molar refractivity (Wildman–Crippen MR) is 70.2 cm³/mol. The summed E-state index contributed by atoms with van der Waals surface area (Å²) in [6.45, 7) is 6.57. The first kappa shape index (κ1) is 15.8. The van der Waals surface area contributed by atoms with Crippen LogP contribution in [0.5, 0.6) is 0 Å². The second-order valence-electron chi connectivity index (χ2n) is 4.22. The monoisotopic (exact) mass is 280 g/mol. The molecule has 0 radical (unpaired) electrons. The first-order chi connectivity index (χ1) is 8.56. The summed E-state index contributed by atoms with van der Waals surface area (Å²) in [5.41, 5.74) is 0. The zero-order chi connectivity index (χ0) is 13.4. The smallest absolute Gasteiger partial charge is 0.292 e. The fourth-order valence-corrected chi connectivity index (χ4v) is 2.63. The Morgan fingerprint density at radius 3 is 2.61 bits per heavy atom. The number of nitrogens with one attached hydrogen (secondary N) is 2. The van der Waals surface area contributed by atoms with Gasteiger partial charge in [-0.2, -0.15) is 12.7 Å². The van der Waals surface area contributed by atoms with E-state index in [-0.39, 0.29) is 0 Å². The van der Waals surface area contributed by atoms with Crippen LogP contribution in [-0.2, 0) is 14.9 Å². The highest BCUT2D eigenvalue weighted by atomic mass is 32.2. The summed E-state index contributed by atoms with van der Waals surface area (Å²) >= 11 is 0. The number of morpholine rings is 1. The molecule has 108 valence electrons. The van der Waals surface area contributed by atoms with Gasteiger partial charge in [0.2, 0.25) is 0 Å². The minimum atomic E-state index is -3.42. The zero-order valence-electron chi connectivity index (χ0n) is 11.2. The van der Waals surface area contributed by atoms with Crippen LogP contribution in [0.2, 0.25) is 0 Å². The highest BCUT2D eigenvalue weighted by Crippen LogP contribution is 2.00. The molecule has 18 heavy (non-hydrogen) atoms. The van der Waals surface area contributed by atoms with Crippen LogP contribution in [0, 0.1) is 0 Å². The molecule has 0 bridgehead atoms. The normalized spacial score (nSPS) is 18.4. The second-order valence-corrected chi connectivity index (χ2v) is 5.98. The minimum absolute atomic E-state index is 0.507. The number of hydrazine groups is 1. The highest BCUT2D eigenvalue weighted by molar-refractivity contribution is 7.87. The SMILES string of the molecule is CCNCCCN(C)S(=O)(=O)NN1CCOCC1. The van der Waals surface area contributed by atoms with Crippen LogP contribution in [-0.4, -0.2) is 70.7 Å². The first-order valence-corrected chi connectivity index (χ1v) is 7.77. The van der Waals surface area contributed by atoms with Gasteiger partial charge in [0.05, 0.1) is 13.2 Å². The molecule has 0 spiro atoms. The van der Waals surface area contributed by atoms with Gasteiger partial charge in [-0.15, -0.1) is 4.83 Å². The maximum absolute atomic E-state index is 12.0. The van der Waals surface area contributed by atoms with E-state index in [0.717, 1.165) is 19.5 Å². The lowest BCUT2D eigenvalue weighted by Crippen LogP contribution is -2.52. The van der Waals surface area contributed by atoms with Gasteiger partial charge < -0.3 is 10.1 Å². The third-order valence-corrected chi connectivity index (χ3v) is 4.23. The average molecular weight is 280 g/mol. The van der Waals surface area contributed by atoms with Gasteiger partial charge in [-0.1, -0.05) is 6.92 Å². The van der Waals surface area contributed by atoms with E-state index >= 15 is 0 Å². The molecular weight excluding hydrogens is 256 g/mol. The third-order valence-electron chi connectivity index (χ3n) is 2.74. The molecule has 0 saturated carbocycles. The van der Waals surface area contributed by atoms with E-state index in [1.807, 2.05) is 6.92 Å². The van der Waals surface area contributed by atoms with Crippen molar-refractivity contribution in [2.45, 2.75) is 13.3 Å². The quantitative estimate of drug-likeness (QED) is 0.558. The van der Waals surface area contributed by atoms with Gasteiger partial charge in [-0.25, -0.2) is 5.01 Å². The van der Waals surface area contributed by atoms with E-state index in [4.69, 9.17) is 4.74 Å². The second kappa shape index (κ2) is 8.03. The van der Waals surface area contributed by atoms with Crippen LogP contribution in [0.25, 0.3) is 0 Å². The fraction of sp³-hybridized carbons (Fsp3) is 1.00. The van der Waals surface area contributed by atoms with Crippen molar-refractivity contribution in [2.24, 2.45) is 0 Å². The summed E-state index contributed by atoms with van der Waals surface area (Å²) in [5.74, 6) is 0. The first-order valence-electron chi connectivity index (χ1n) is 6.33.